The third kappa shape index (κ3) is 5.69. The summed E-state index contributed by atoms with van der Waals surface area (Å²) in [5.41, 5.74) is 0. The molecule has 0 amide bonds. The molecule has 0 radical (unpaired) electrons. The molecule has 0 saturated heterocycles. The van der Waals surface area contributed by atoms with Gasteiger partial charge in [-0.15, -0.1) is 50.6 Å². The minimum absolute atomic E-state index is 0. The molecule has 0 bridgehead atoms. The molecule has 2 heteroatoms. The van der Waals surface area contributed by atoms with Crippen molar-refractivity contribution >= 4 is 6.15 Å². The van der Waals surface area contributed by atoms with Crippen LogP contribution in [0.5, 0.6) is 0 Å². The van der Waals surface area contributed by atoms with Crippen LogP contribution in [0, 0.1) is 0 Å². The number of allylic oxidation sites excluding steroid dienone is 4. The third-order valence-electron chi connectivity index (χ3n) is 2.67. The zero-order valence-electron chi connectivity index (χ0n) is 9.54. The maximum absolute atomic E-state index is 3.80. The minimum atomic E-state index is -0.444. The van der Waals surface area contributed by atoms with Crippen LogP contribution in [0.4, 0.5) is 0 Å². The summed E-state index contributed by atoms with van der Waals surface area (Å²) in [7, 11) is 0. The normalized spacial score (nSPS) is 9.71. The van der Waals surface area contributed by atoms with E-state index in [-0.39, 0.29) is 29.6 Å². The van der Waals surface area contributed by atoms with Gasteiger partial charge in [-0.05, 0) is 0 Å². The van der Waals surface area contributed by atoms with Crippen molar-refractivity contribution in [1.29, 1.82) is 0 Å². The Kier molecular flexibility index (Phi) is 11.3. The van der Waals surface area contributed by atoms with Crippen LogP contribution in [-0.4, -0.2) is 6.15 Å². The van der Waals surface area contributed by atoms with Crippen molar-refractivity contribution < 1.29 is 29.6 Å². The first-order valence-corrected chi connectivity index (χ1v) is 4.90. The molecule has 0 rings (SSSR count). The van der Waals surface area contributed by atoms with Crippen LogP contribution in [0.3, 0.4) is 0 Å². The summed E-state index contributed by atoms with van der Waals surface area (Å²) in [5, 5.41) is 0. The second-order valence-corrected chi connectivity index (χ2v) is 3.83. The van der Waals surface area contributed by atoms with Crippen LogP contribution in [0.25, 0.3) is 0 Å². The second kappa shape index (κ2) is 9.58. The summed E-state index contributed by atoms with van der Waals surface area (Å²) < 4.78 is 0. The Bertz CT molecular complexity index is 151. The molecule has 0 spiro atoms. The van der Waals surface area contributed by atoms with Gasteiger partial charge in [0.1, 0.15) is 0 Å². The van der Waals surface area contributed by atoms with E-state index in [9.17, 15) is 0 Å². The fourth-order valence-electron chi connectivity index (χ4n) is 1.99. The summed E-state index contributed by atoms with van der Waals surface area (Å²) in [5.74, 6) is 0. The fourth-order valence-corrected chi connectivity index (χ4v) is 1.99. The molecule has 0 aromatic carbocycles. The topological polar surface area (TPSA) is 0 Å². The Hall–Kier alpha value is 0.0249. The molecule has 0 N–H and O–H groups in total. The van der Waals surface area contributed by atoms with Gasteiger partial charge in [0.2, 0.25) is 0 Å². The molecule has 72 valence electrons. The molecule has 0 aliphatic rings. The Morgan fingerprint density at radius 3 is 1.00 bits per heavy atom. The summed E-state index contributed by atoms with van der Waals surface area (Å²) >= 11 is 0. The summed E-state index contributed by atoms with van der Waals surface area (Å²) in [6, 6.07) is 0. The van der Waals surface area contributed by atoms with Crippen molar-refractivity contribution in [2.45, 2.75) is 25.3 Å². The molecule has 0 aliphatic carbocycles. The summed E-state index contributed by atoms with van der Waals surface area (Å²) in [4.78, 5) is 0. The monoisotopic (exact) mass is 198 g/mol. The van der Waals surface area contributed by atoms with E-state index in [0.29, 0.717) is 0 Å². The first-order chi connectivity index (χ1) is 6.24. The molecule has 0 nitrogen and oxygen atoms in total. The molecule has 0 unspecified atom stereocenters. The third-order valence-corrected chi connectivity index (χ3v) is 2.67. The van der Waals surface area contributed by atoms with Crippen LogP contribution in [0.15, 0.2) is 50.6 Å². The van der Waals surface area contributed by atoms with Crippen molar-refractivity contribution in [3.05, 3.63) is 50.6 Å². The first kappa shape index (κ1) is 16.5. The second-order valence-electron chi connectivity index (χ2n) is 3.83. The Balaban J connectivity index is 0. The van der Waals surface area contributed by atoms with Crippen molar-refractivity contribution in [2.75, 3.05) is 0 Å². The van der Waals surface area contributed by atoms with Crippen molar-refractivity contribution in [2.24, 2.45) is 0 Å². The average molecular weight is 198 g/mol. The smallest absolute Gasteiger partial charge is 0.159 e. The molecule has 0 aromatic rings. The van der Waals surface area contributed by atoms with Gasteiger partial charge in [-0.1, -0.05) is 0 Å². The largest absolute Gasteiger partial charge is 1.00 e. The van der Waals surface area contributed by atoms with Crippen molar-refractivity contribution in [3.63, 3.8) is 0 Å². The zero-order chi connectivity index (χ0) is 10.2. The Morgan fingerprint density at radius 2 is 0.857 bits per heavy atom. The van der Waals surface area contributed by atoms with Crippen molar-refractivity contribution in [1.82, 2.24) is 0 Å². The molecule has 0 heterocycles. The predicted octanol–water partition coefficient (Wildman–Crippen LogP) is 1.18. The predicted molar refractivity (Wildman–Crippen MR) is 65.8 cm³/mol. The average Bonchev–Trinajstić information content (AvgIpc) is 2.06. The van der Waals surface area contributed by atoms with E-state index < -0.39 is 6.15 Å². The van der Waals surface area contributed by atoms with Crippen LogP contribution in [-0.2, 0) is 0 Å². The van der Waals surface area contributed by atoms with Crippen LogP contribution in [0.1, 0.15) is 0 Å². The molecule has 0 saturated carbocycles. The van der Waals surface area contributed by atoms with Crippen molar-refractivity contribution in [3.8, 4) is 0 Å². The van der Waals surface area contributed by atoms with E-state index >= 15 is 0 Å². The molecule has 0 aliphatic heterocycles. The van der Waals surface area contributed by atoms with Gasteiger partial charge in [0.15, 0.2) is 0 Å². The van der Waals surface area contributed by atoms with Crippen LogP contribution < -0.4 is 29.6 Å². The fraction of sp³-hybridized carbons (Fsp3) is 0.333. The standard InChI is InChI=1S/C12H20B.Na/c1-5-9-13(10-6-2,11-7-3)12-8-4;/h5-8H,1-4,9-12H2;/q-1;+1. The van der Waals surface area contributed by atoms with Gasteiger partial charge < -0.3 is 0 Å². The number of hydrogen-bond acceptors (Lipinski definition) is 0. The maximum Gasteiger partial charge on any atom is 1.00 e. The van der Waals surface area contributed by atoms with Crippen LogP contribution in [0.2, 0.25) is 25.3 Å². The summed E-state index contributed by atoms with van der Waals surface area (Å²) in [6.07, 6.45) is 11.8. The zero-order valence-corrected chi connectivity index (χ0v) is 11.5. The number of rotatable bonds is 8. The van der Waals surface area contributed by atoms with E-state index in [1.807, 2.05) is 24.3 Å². The van der Waals surface area contributed by atoms with E-state index in [4.69, 9.17) is 0 Å². The van der Waals surface area contributed by atoms with E-state index in [0.717, 1.165) is 25.3 Å². The number of hydrogen-bond donors (Lipinski definition) is 0. The van der Waals surface area contributed by atoms with E-state index in [2.05, 4.69) is 26.3 Å². The Morgan fingerprint density at radius 1 is 0.643 bits per heavy atom. The van der Waals surface area contributed by atoms with Gasteiger partial charge in [0.25, 0.3) is 0 Å². The minimum Gasteiger partial charge on any atom is -0.159 e. The van der Waals surface area contributed by atoms with Gasteiger partial charge in [0, 0.05) is 6.15 Å². The molecular weight excluding hydrogens is 178 g/mol. The molecule has 0 fully saturated rings. The van der Waals surface area contributed by atoms with Gasteiger partial charge in [-0.25, -0.2) is 0 Å². The summed E-state index contributed by atoms with van der Waals surface area (Å²) in [6.45, 7) is 15.2. The molecule has 0 atom stereocenters. The SMILES string of the molecule is C=CC[B-](CC=C)(CC=C)CC=C.[Na+]. The van der Waals surface area contributed by atoms with E-state index in [1.165, 1.54) is 0 Å². The molecular formula is C12H20BNa. The van der Waals surface area contributed by atoms with Gasteiger partial charge in [-0.2, -0.15) is 25.3 Å². The Labute approximate surface area is 111 Å². The quantitative estimate of drug-likeness (QED) is 0.406. The van der Waals surface area contributed by atoms with Crippen LogP contribution >= 0.6 is 0 Å². The molecule has 14 heavy (non-hydrogen) atoms. The first-order valence-electron chi connectivity index (χ1n) is 4.90. The maximum atomic E-state index is 3.80. The van der Waals surface area contributed by atoms with Gasteiger partial charge in [0.05, 0.1) is 0 Å². The van der Waals surface area contributed by atoms with E-state index in [1.54, 1.807) is 0 Å². The van der Waals surface area contributed by atoms with Gasteiger partial charge in [-0.3, -0.25) is 0 Å². The van der Waals surface area contributed by atoms with Gasteiger partial charge >= 0.3 is 29.6 Å². The molecule has 0 aromatic heterocycles.